The molecule has 0 aromatic carbocycles. The van der Waals surface area contributed by atoms with Gasteiger partial charge in [-0.1, -0.05) is 0 Å². The molecule has 0 saturated carbocycles. The maximum absolute atomic E-state index is 11.6. The summed E-state index contributed by atoms with van der Waals surface area (Å²) < 4.78 is 22.4. The van der Waals surface area contributed by atoms with E-state index in [1.54, 1.807) is 14.1 Å². The zero-order valence-corrected chi connectivity index (χ0v) is 17.2. The normalized spacial score (nSPS) is 20.6. The predicted molar refractivity (Wildman–Crippen MR) is 104 cm³/mol. The minimum atomic E-state index is -0.0323. The summed E-state index contributed by atoms with van der Waals surface area (Å²) in [5.41, 5.74) is 0. The Labute approximate surface area is 167 Å². The van der Waals surface area contributed by atoms with Crippen molar-refractivity contribution >= 4 is 11.8 Å². The van der Waals surface area contributed by atoms with E-state index in [1.807, 2.05) is 9.80 Å². The van der Waals surface area contributed by atoms with Crippen molar-refractivity contribution in [3.8, 4) is 0 Å². The van der Waals surface area contributed by atoms with Gasteiger partial charge in [-0.3, -0.25) is 19.4 Å². The van der Waals surface area contributed by atoms with Crippen LogP contribution in [0.5, 0.6) is 0 Å². The van der Waals surface area contributed by atoms with E-state index in [4.69, 9.17) is 18.9 Å². The lowest BCUT2D eigenvalue weighted by atomic mass is 10.4. The molecular weight excluding hydrogens is 368 g/mol. The summed E-state index contributed by atoms with van der Waals surface area (Å²) in [7, 11) is 3.25. The average molecular weight is 405 g/mol. The van der Waals surface area contributed by atoms with Crippen molar-refractivity contribution in [2.75, 3.05) is 106 Å². The molecule has 2 amide bonds. The molecule has 0 aromatic rings. The van der Waals surface area contributed by atoms with Gasteiger partial charge in [0.15, 0.2) is 0 Å². The van der Waals surface area contributed by atoms with E-state index < -0.39 is 0 Å². The van der Waals surface area contributed by atoms with Gasteiger partial charge in [0.2, 0.25) is 11.8 Å². The summed E-state index contributed by atoms with van der Waals surface area (Å²) in [4.78, 5) is 27.2. The second-order valence-corrected chi connectivity index (χ2v) is 6.35. The molecule has 1 heterocycles. The second kappa shape index (κ2) is 16.6. The van der Waals surface area contributed by atoms with Gasteiger partial charge in [0, 0.05) is 40.3 Å². The second-order valence-electron chi connectivity index (χ2n) is 6.35. The number of carbonyl (C=O) groups excluding carboxylic acids is 2. The fourth-order valence-electron chi connectivity index (χ4n) is 2.52. The summed E-state index contributed by atoms with van der Waals surface area (Å²) >= 11 is 0. The highest BCUT2D eigenvalue weighted by atomic mass is 16.5. The highest BCUT2D eigenvalue weighted by Crippen LogP contribution is 1.94. The first-order valence-electron chi connectivity index (χ1n) is 9.82. The van der Waals surface area contributed by atoms with E-state index in [0.717, 1.165) is 0 Å². The number of nitrogens with one attached hydrogen (secondary N) is 2. The standard InChI is InChI=1S/C18H36N4O6/c1-19-17(23)15-21-3-7-25-11-13-27-9-5-22(16-18(24)20-2)6-10-28-14-12-26-8-4-21/h3-16H2,1-2H3,(H,19,23)(H,20,24). The predicted octanol–water partition coefficient (Wildman–Crippen LogP) is -1.84. The van der Waals surface area contributed by atoms with Crippen molar-refractivity contribution in [1.82, 2.24) is 20.4 Å². The number of likely N-dealkylation sites (N-methyl/N-ethyl adjacent to an activating group) is 2. The van der Waals surface area contributed by atoms with Crippen LogP contribution in [0, 0.1) is 0 Å². The maximum atomic E-state index is 11.6. The lowest BCUT2D eigenvalue weighted by Gasteiger charge is -2.22. The highest BCUT2D eigenvalue weighted by Gasteiger charge is 2.11. The lowest BCUT2D eigenvalue weighted by Crippen LogP contribution is -2.40. The van der Waals surface area contributed by atoms with E-state index in [1.165, 1.54) is 0 Å². The third-order valence-electron chi connectivity index (χ3n) is 4.24. The number of amides is 2. The van der Waals surface area contributed by atoms with E-state index >= 15 is 0 Å². The van der Waals surface area contributed by atoms with Crippen LogP contribution in [0.15, 0.2) is 0 Å². The molecule has 2 N–H and O–H groups in total. The quantitative estimate of drug-likeness (QED) is 0.564. The molecule has 1 aliphatic heterocycles. The molecule has 0 bridgehead atoms. The fourth-order valence-corrected chi connectivity index (χ4v) is 2.52. The van der Waals surface area contributed by atoms with E-state index in [9.17, 15) is 9.59 Å². The van der Waals surface area contributed by atoms with Gasteiger partial charge in [-0.05, 0) is 0 Å². The Balaban J connectivity index is 2.41. The Hall–Kier alpha value is -1.30. The summed E-state index contributed by atoms with van der Waals surface area (Å²) in [5, 5.41) is 5.27. The molecule has 10 nitrogen and oxygen atoms in total. The van der Waals surface area contributed by atoms with Gasteiger partial charge >= 0.3 is 0 Å². The molecule has 0 unspecified atom stereocenters. The van der Waals surface area contributed by atoms with Crippen molar-refractivity contribution in [1.29, 1.82) is 0 Å². The molecule has 1 saturated heterocycles. The smallest absolute Gasteiger partial charge is 0.233 e. The van der Waals surface area contributed by atoms with Crippen LogP contribution in [0.4, 0.5) is 0 Å². The van der Waals surface area contributed by atoms with Crippen LogP contribution in [0.2, 0.25) is 0 Å². The largest absolute Gasteiger partial charge is 0.378 e. The van der Waals surface area contributed by atoms with Crippen LogP contribution in [0.25, 0.3) is 0 Å². The van der Waals surface area contributed by atoms with Crippen LogP contribution in [-0.4, -0.2) is 128 Å². The van der Waals surface area contributed by atoms with Gasteiger partial charge in [-0.25, -0.2) is 0 Å². The van der Waals surface area contributed by atoms with Crippen LogP contribution >= 0.6 is 0 Å². The van der Waals surface area contributed by atoms with Gasteiger partial charge in [0.25, 0.3) is 0 Å². The molecule has 164 valence electrons. The van der Waals surface area contributed by atoms with Crippen molar-refractivity contribution < 1.29 is 28.5 Å². The summed E-state index contributed by atoms with van der Waals surface area (Å²) in [5.74, 6) is -0.0646. The van der Waals surface area contributed by atoms with Crippen LogP contribution in [0.1, 0.15) is 0 Å². The van der Waals surface area contributed by atoms with E-state index in [-0.39, 0.29) is 11.8 Å². The van der Waals surface area contributed by atoms with Gasteiger partial charge in [0.05, 0.1) is 65.9 Å². The zero-order valence-electron chi connectivity index (χ0n) is 17.2. The van der Waals surface area contributed by atoms with Gasteiger partial charge in [0.1, 0.15) is 0 Å². The number of rotatable bonds is 4. The number of ether oxygens (including phenoxy) is 4. The third kappa shape index (κ3) is 13.0. The van der Waals surface area contributed by atoms with Gasteiger partial charge in [-0.15, -0.1) is 0 Å². The molecule has 0 atom stereocenters. The van der Waals surface area contributed by atoms with Gasteiger partial charge < -0.3 is 29.6 Å². The SMILES string of the molecule is CNC(=O)CN1CCOCCOCCN(CC(=O)NC)CCOCCOCC1. The summed E-state index contributed by atoms with van der Waals surface area (Å²) in [6.07, 6.45) is 0. The van der Waals surface area contributed by atoms with Crippen molar-refractivity contribution in [3.05, 3.63) is 0 Å². The Morgan fingerprint density at radius 2 is 0.893 bits per heavy atom. The minimum absolute atomic E-state index is 0.0323. The Morgan fingerprint density at radius 1 is 0.607 bits per heavy atom. The molecule has 28 heavy (non-hydrogen) atoms. The van der Waals surface area contributed by atoms with Crippen molar-refractivity contribution in [2.45, 2.75) is 0 Å². The molecule has 1 rings (SSSR count). The summed E-state index contributed by atoms with van der Waals surface area (Å²) in [6, 6.07) is 0. The Morgan fingerprint density at radius 3 is 1.14 bits per heavy atom. The van der Waals surface area contributed by atoms with Crippen molar-refractivity contribution in [3.63, 3.8) is 0 Å². The molecule has 10 heteroatoms. The Bertz CT molecular complexity index is 369. The zero-order chi connectivity index (χ0) is 20.5. The van der Waals surface area contributed by atoms with Crippen LogP contribution in [-0.2, 0) is 28.5 Å². The molecule has 0 aliphatic carbocycles. The monoisotopic (exact) mass is 404 g/mol. The van der Waals surface area contributed by atoms with E-state index in [2.05, 4.69) is 10.6 Å². The number of hydrogen-bond donors (Lipinski definition) is 2. The topological polar surface area (TPSA) is 102 Å². The highest BCUT2D eigenvalue weighted by molar-refractivity contribution is 5.77. The van der Waals surface area contributed by atoms with Gasteiger partial charge in [-0.2, -0.15) is 0 Å². The lowest BCUT2D eigenvalue weighted by molar-refractivity contribution is -0.123. The first-order valence-corrected chi connectivity index (χ1v) is 9.82. The molecule has 0 aromatic heterocycles. The first-order chi connectivity index (χ1) is 13.7. The van der Waals surface area contributed by atoms with Crippen molar-refractivity contribution in [2.24, 2.45) is 0 Å². The Kier molecular flexibility index (Phi) is 14.7. The molecule has 0 radical (unpaired) electrons. The third-order valence-corrected chi connectivity index (χ3v) is 4.24. The molecular formula is C18H36N4O6. The molecule has 1 fully saturated rings. The molecule has 1 aliphatic rings. The maximum Gasteiger partial charge on any atom is 0.233 e. The molecule has 0 spiro atoms. The average Bonchev–Trinajstić information content (AvgIpc) is 2.70. The number of nitrogens with zero attached hydrogens (tertiary/aromatic N) is 2. The minimum Gasteiger partial charge on any atom is -0.378 e. The number of carbonyl (C=O) groups is 2. The van der Waals surface area contributed by atoms with E-state index in [0.29, 0.717) is 92.1 Å². The summed E-state index contributed by atoms with van der Waals surface area (Å²) in [6.45, 7) is 7.25. The first kappa shape index (κ1) is 24.7. The van der Waals surface area contributed by atoms with Crippen LogP contribution < -0.4 is 10.6 Å². The number of hydrogen-bond acceptors (Lipinski definition) is 8. The fraction of sp³-hybridized carbons (Fsp3) is 0.889. The van der Waals surface area contributed by atoms with Crippen LogP contribution in [0.3, 0.4) is 0 Å².